The first-order valence-electron chi connectivity index (χ1n) is 15.3. The molecule has 1 N–H and O–H groups in total. The number of ether oxygens (including phenoxy) is 2. The minimum atomic E-state index is -0.957. The third kappa shape index (κ3) is 6.82. The van der Waals surface area contributed by atoms with E-state index < -0.39 is 7.92 Å². The monoisotopic (exact) mass is 615 g/mol. The molecule has 45 heavy (non-hydrogen) atoms. The van der Waals surface area contributed by atoms with Gasteiger partial charge in [-0.2, -0.15) is 0 Å². The Balaban J connectivity index is 1.76. The Bertz CT molecular complexity index is 1750. The normalized spacial score (nSPS) is 11.8. The van der Waals surface area contributed by atoms with Crippen LogP contribution in [0.1, 0.15) is 57.2 Å². The van der Waals surface area contributed by atoms with Crippen LogP contribution < -0.4 is 25.4 Å². The second-order valence-electron chi connectivity index (χ2n) is 12.4. The van der Waals surface area contributed by atoms with E-state index in [0.717, 1.165) is 39.0 Å². The molecule has 0 atom stereocenters. The lowest BCUT2D eigenvalue weighted by atomic mass is 9.83. The number of methoxy groups -OCH3 is 2. The van der Waals surface area contributed by atoms with Gasteiger partial charge in [-0.05, 0) is 70.6 Å². The van der Waals surface area contributed by atoms with Crippen molar-refractivity contribution >= 4 is 35.7 Å². The van der Waals surface area contributed by atoms with Crippen LogP contribution in [0.3, 0.4) is 0 Å². The number of aliphatic imine (C=N–C) groups is 1. The first-order chi connectivity index (χ1) is 21.6. The van der Waals surface area contributed by atoms with Crippen LogP contribution in [0.15, 0.2) is 114 Å². The van der Waals surface area contributed by atoms with E-state index >= 15 is 0 Å². The summed E-state index contributed by atoms with van der Waals surface area (Å²) >= 11 is 0. The minimum Gasteiger partial charge on any atom is -0.507 e. The van der Waals surface area contributed by atoms with Crippen molar-refractivity contribution in [1.29, 1.82) is 0 Å². The van der Waals surface area contributed by atoms with E-state index in [1.54, 1.807) is 20.4 Å². The fourth-order valence-corrected chi connectivity index (χ4v) is 8.02. The van der Waals surface area contributed by atoms with Gasteiger partial charge in [0.1, 0.15) is 17.2 Å². The molecule has 230 valence electrons. The van der Waals surface area contributed by atoms with Crippen LogP contribution in [-0.4, -0.2) is 25.5 Å². The summed E-state index contributed by atoms with van der Waals surface area (Å²) in [5, 5.41) is 14.9. The second kappa shape index (κ2) is 13.7. The molecule has 0 fully saturated rings. The van der Waals surface area contributed by atoms with Gasteiger partial charge in [0.25, 0.3) is 0 Å². The molecule has 0 aromatic heterocycles. The number of hydrogen-bond acceptors (Lipinski definition) is 4. The third-order valence-electron chi connectivity index (χ3n) is 7.97. The molecule has 0 spiro atoms. The summed E-state index contributed by atoms with van der Waals surface area (Å²) in [7, 11) is 2.44. The van der Waals surface area contributed by atoms with Crippen LogP contribution in [-0.2, 0) is 5.41 Å². The lowest BCUT2D eigenvalue weighted by molar-refractivity contribution is 0.410. The van der Waals surface area contributed by atoms with Gasteiger partial charge < -0.3 is 14.6 Å². The number of hydrogen-bond donors (Lipinski definition) is 1. The molecule has 0 bridgehead atoms. The largest absolute Gasteiger partial charge is 0.507 e. The van der Waals surface area contributed by atoms with Crippen molar-refractivity contribution in [3.63, 3.8) is 0 Å². The molecule has 5 rings (SSSR count). The van der Waals surface area contributed by atoms with Crippen LogP contribution >= 0.6 is 7.92 Å². The number of phenols is 1. The maximum absolute atomic E-state index is 11.3. The summed E-state index contributed by atoms with van der Waals surface area (Å²) in [5.74, 6) is 1.87. The lowest BCUT2D eigenvalue weighted by Gasteiger charge is -2.25. The van der Waals surface area contributed by atoms with Gasteiger partial charge in [-0.3, -0.25) is 4.99 Å². The highest BCUT2D eigenvalue weighted by Crippen LogP contribution is 2.47. The zero-order chi connectivity index (χ0) is 32.1. The molecule has 0 aliphatic carbocycles. The topological polar surface area (TPSA) is 51.0 Å². The molecule has 0 aliphatic rings. The quantitative estimate of drug-likeness (QED) is 0.133. The van der Waals surface area contributed by atoms with Gasteiger partial charge in [0.2, 0.25) is 0 Å². The number of aromatic hydroxyl groups is 1. The van der Waals surface area contributed by atoms with Crippen molar-refractivity contribution in [2.24, 2.45) is 4.99 Å². The maximum Gasteiger partial charge on any atom is 0.129 e. The van der Waals surface area contributed by atoms with Crippen LogP contribution in [0, 0.1) is 0 Å². The smallest absolute Gasteiger partial charge is 0.129 e. The van der Waals surface area contributed by atoms with Gasteiger partial charge in [-0.15, -0.1) is 0 Å². The molecule has 0 saturated heterocycles. The van der Waals surface area contributed by atoms with Crippen molar-refractivity contribution < 1.29 is 14.6 Å². The standard InChI is InChI=1S/C40H42NO3P/c1-27(2)32-25-29(40(3,4)5)24-28(39(32)42)26-41-33-20-14-21-34(43-6)37(33)38-35(44-7)22-15-23-36(38)45(30-16-10-8-11-17-30)31-18-12-9-13-19-31/h8-27,42H,1-7H3. The van der Waals surface area contributed by atoms with Crippen molar-refractivity contribution in [3.05, 3.63) is 126 Å². The Morgan fingerprint density at radius 2 is 1.27 bits per heavy atom. The fraction of sp³-hybridized carbons (Fsp3) is 0.225. The van der Waals surface area contributed by atoms with Gasteiger partial charge >= 0.3 is 0 Å². The van der Waals surface area contributed by atoms with Crippen molar-refractivity contribution in [2.45, 2.75) is 46.0 Å². The predicted octanol–water partition coefficient (Wildman–Crippen LogP) is 9.01. The summed E-state index contributed by atoms with van der Waals surface area (Å²) in [6, 6.07) is 37.6. The highest BCUT2D eigenvalue weighted by molar-refractivity contribution is 7.80. The Morgan fingerprint density at radius 1 is 0.711 bits per heavy atom. The van der Waals surface area contributed by atoms with Crippen molar-refractivity contribution in [3.8, 4) is 28.4 Å². The molecule has 0 unspecified atom stereocenters. The summed E-state index contributed by atoms with van der Waals surface area (Å²) in [6.45, 7) is 10.8. The Labute approximate surface area is 269 Å². The number of rotatable bonds is 9. The van der Waals surface area contributed by atoms with Crippen LogP contribution in [0.2, 0.25) is 0 Å². The van der Waals surface area contributed by atoms with Gasteiger partial charge in [0, 0.05) is 17.3 Å². The van der Waals surface area contributed by atoms with Crippen LogP contribution in [0.25, 0.3) is 11.1 Å². The highest BCUT2D eigenvalue weighted by atomic mass is 31.1. The van der Waals surface area contributed by atoms with E-state index in [2.05, 4.69) is 113 Å². The average molecular weight is 616 g/mol. The molecular weight excluding hydrogens is 573 g/mol. The van der Waals surface area contributed by atoms with E-state index in [0.29, 0.717) is 11.3 Å². The average Bonchev–Trinajstić information content (AvgIpc) is 3.04. The first kappa shape index (κ1) is 32.0. The van der Waals surface area contributed by atoms with Crippen molar-refractivity contribution in [1.82, 2.24) is 0 Å². The van der Waals surface area contributed by atoms with Gasteiger partial charge in [0.15, 0.2) is 0 Å². The van der Waals surface area contributed by atoms with E-state index in [1.807, 2.05) is 30.3 Å². The molecule has 5 aromatic carbocycles. The van der Waals surface area contributed by atoms with E-state index in [1.165, 1.54) is 10.6 Å². The summed E-state index contributed by atoms with van der Waals surface area (Å²) in [5.41, 5.74) is 5.19. The Morgan fingerprint density at radius 3 is 1.80 bits per heavy atom. The molecular formula is C40H42NO3P. The lowest BCUT2D eigenvalue weighted by Crippen LogP contribution is -2.22. The molecule has 0 radical (unpaired) electrons. The number of phenolic OH excluding ortho intramolecular Hbond substituents is 1. The van der Waals surface area contributed by atoms with Gasteiger partial charge in [-0.25, -0.2) is 0 Å². The Hall–Kier alpha value is -4.40. The fourth-order valence-electron chi connectivity index (χ4n) is 5.55. The molecule has 0 amide bonds. The highest BCUT2D eigenvalue weighted by Gasteiger charge is 2.26. The zero-order valence-corrected chi connectivity index (χ0v) is 28.1. The minimum absolute atomic E-state index is 0.0839. The molecule has 5 aromatic rings. The van der Waals surface area contributed by atoms with Crippen LogP contribution in [0.5, 0.6) is 17.2 Å². The molecule has 0 saturated carbocycles. The van der Waals surface area contributed by atoms with E-state index in [9.17, 15) is 5.11 Å². The molecule has 4 nitrogen and oxygen atoms in total. The van der Waals surface area contributed by atoms with E-state index in [4.69, 9.17) is 14.5 Å². The molecule has 5 heteroatoms. The molecule has 0 heterocycles. The zero-order valence-electron chi connectivity index (χ0n) is 27.2. The summed E-state index contributed by atoms with van der Waals surface area (Å²) < 4.78 is 12.1. The second-order valence-corrected chi connectivity index (χ2v) is 14.6. The van der Waals surface area contributed by atoms with Gasteiger partial charge in [0.05, 0.1) is 25.5 Å². The Kier molecular flexibility index (Phi) is 9.75. The SMILES string of the molecule is COc1cccc(N=Cc2cc(C(C)(C)C)cc(C(C)C)c2O)c1-c1c(OC)cccc1P(c1ccccc1)c1ccccc1. The third-order valence-corrected chi connectivity index (χ3v) is 10.5. The van der Waals surface area contributed by atoms with Gasteiger partial charge in [-0.1, -0.05) is 120 Å². The number of benzene rings is 5. The van der Waals surface area contributed by atoms with Crippen LogP contribution in [0.4, 0.5) is 5.69 Å². The molecule has 0 aliphatic heterocycles. The van der Waals surface area contributed by atoms with E-state index in [-0.39, 0.29) is 17.1 Å². The first-order valence-corrected chi connectivity index (χ1v) is 16.6. The maximum atomic E-state index is 11.3. The summed E-state index contributed by atoms with van der Waals surface area (Å²) in [6.07, 6.45) is 1.78. The predicted molar refractivity (Wildman–Crippen MR) is 192 cm³/mol. The number of nitrogens with zero attached hydrogens (tertiary/aromatic N) is 1. The summed E-state index contributed by atoms with van der Waals surface area (Å²) in [4.78, 5) is 5.05. The van der Waals surface area contributed by atoms with Crippen molar-refractivity contribution in [2.75, 3.05) is 14.2 Å².